The number of aromatic nitrogens is 2. The number of nitrogens with one attached hydrogen (secondary N) is 1. The maximum absolute atomic E-state index is 14.2. The molecule has 0 unspecified atom stereocenters. The maximum atomic E-state index is 14.2. The molecule has 6 rings (SSSR count). The Hall–Kier alpha value is -2.27. The van der Waals surface area contributed by atoms with E-state index < -0.39 is 5.41 Å². The second kappa shape index (κ2) is 8.93. The third kappa shape index (κ3) is 4.45. The molecule has 2 heterocycles. The smallest absolute Gasteiger partial charge is 0.229 e. The number of ether oxygens (including phenoxy) is 1. The Kier molecular flexibility index (Phi) is 6.02. The molecule has 2 aromatic rings. The summed E-state index contributed by atoms with van der Waals surface area (Å²) in [5.74, 6) is 2.54. The summed E-state index contributed by atoms with van der Waals surface area (Å²) in [4.78, 5) is 22.6. The summed E-state index contributed by atoms with van der Waals surface area (Å²) in [7, 11) is 0. The molecule has 0 aliphatic heterocycles. The first-order chi connectivity index (χ1) is 15.6. The average Bonchev–Trinajstić information content (AvgIpc) is 2.77. The molecule has 4 saturated carbocycles. The third-order valence-electron chi connectivity index (χ3n) is 8.06. The van der Waals surface area contributed by atoms with Crippen molar-refractivity contribution in [1.82, 2.24) is 15.3 Å². The van der Waals surface area contributed by atoms with Crippen LogP contribution in [-0.2, 0) is 22.4 Å². The van der Waals surface area contributed by atoms with Crippen molar-refractivity contribution in [2.45, 2.75) is 63.8 Å². The fourth-order valence-corrected chi connectivity index (χ4v) is 7.11. The zero-order valence-electron chi connectivity index (χ0n) is 19.1. The van der Waals surface area contributed by atoms with Crippen LogP contribution in [0.5, 0.6) is 0 Å². The van der Waals surface area contributed by atoms with Crippen LogP contribution in [0.2, 0.25) is 0 Å². The number of amides is 1. The van der Waals surface area contributed by atoms with E-state index in [-0.39, 0.29) is 11.4 Å². The number of pyridine rings is 2. The first kappa shape index (κ1) is 21.6. The Morgan fingerprint density at radius 2 is 1.41 bits per heavy atom. The molecular weight excluding hydrogens is 398 g/mol. The fraction of sp³-hybridized carbons (Fsp3) is 0.593. The van der Waals surface area contributed by atoms with Crippen LogP contribution < -0.4 is 5.32 Å². The van der Waals surface area contributed by atoms with Crippen molar-refractivity contribution in [2.75, 3.05) is 13.2 Å². The Balaban J connectivity index is 1.46. The van der Waals surface area contributed by atoms with Gasteiger partial charge in [0.05, 0.1) is 12.0 Å². The molecule has 0 saturated heterocycles. The topological polar surface area (TPSA) is 64.1 Å². The van der Waals surface area contributed by atoms with Crippen molar-refractivity contribution in [1.29, 1.82) is 0 Å². The molecule has 1 amide bonds. The van der Waals surface area contributed by atoms with Gasteiger partial charge in [0.15, 0.2) is 0 Å². The van der Waals surface area contributed by atoms with Gasteiger partial charge in [-0.15, -0.1) is 0 Å². The van der Waals surface area contributed by atoms with Crippen LogP contribution in [0.15, 0.2) is 49.1 Å². The van der Waals surface area contributed by atoms with Crippen LogP contribution in [0.3, 0.4) is 0 Å². The summed E-state index contributed by atoms with van der Waals surface area (Å²) >= 11 is 0. The molecule has 0 atom stereocenters. The first-order valence-corrected chi connectivity index (χ1v) is 12.3. The standard InChI is InChI=1S/C27H35N3O2/c1-2-32-19-26(14-20-3-7-28-8-4-20,15-21-5-9-29-10-6-21)25(31)30-27-16-22-11-23(17-27)13-24(12-22)18-27/h3-10,22-24H,2,11-19H2,1H3,(H,30,31). The highest BCUT2D eigenvalue weighted by atomic mass is 16.5. The van der Waals surface area contributed by atoms with Gasteiger partial charge in [0.1, 0.15) is 0 Å². The number of nitrogens with zero attached hydrogens (tertiary/aromatic N) is 2. The highest BCUT2D eigenvalue weighted by molar-refractivity contribution is 5.84. The van der Waals surface area contributed by atoms with Gasteiger partial charge in [-0.3, -0.25) is 14.8 Å². The SMILES string of the molecule is CCOCC(Cc1ccncc1)(Cc1ccncc1)C(=O)NC12CC3CC(CC(C3)C1)C2. The molecule has 170 valence electrons. The quantitative estimate of drug-likeness (QED) is 0.638. The average molecular weight is 434 g/mol. The molecule has 5 nitrogen and oxygen atoms in total. The predicted molar refractivity (Wildman–Crippen MR) is 124 cm³/mol. The molecule has 2 aromatic heterocycles. The molecule has 0 spiro atoms. The summed E-state index contributed by atoms with van der Waals surface area (Å²) in [6.07, 6.45) is 16.1. The van der Waals surface area contributed by atoms with Gasteiger partial charge >= 0.3 is 0 Å². The van der Waals surface area contributed by atoms with Crippen molar-refractivity contribution < 1.29 is 9.53 Å². The van der Waals surface area contributed by atoms with E-state index in [1.54, 1.807) is 0 Å². The van der Waals surface area contributed by atoms with Gasteiger partial charge in [-0.25, -0.2) is 0 Å². The lowest BCUT2D eigenvalue weighted by molar-refractivity contribution is -0.140. The van der Waals surface area contributed by atoms with Crippen molar-refractivity contribution in [2.24, 2.45) is 23.2 Å². The monoisotopic (exact) mass is 433 g/mol. The largest absolute Gasteiger partial charge is 0.381 e. The van der Waals surface area contributed by atoms with Gasteiger partial charge in [-0.1, -0.05) is 0 Å². The van der Waals surface area contributed by atoms with E-state index in [0.717, 1.165) is 48.1 Å². The molecule has 1 N–H and O–H groups in total. The van der Waals surface area contributed by atoms with Crippen LogP contribution in [0.1, 0.15) is 56.6 Å². The van der Waals surface area contributed by atoms with Gasteiger partial charge in [-0.2, -0.15) is 0 Å². The van der Waals surface area contributed by atoms with Gasteiger partial charge in [0.25, 0.3) is 0 Å². The number of carbonyl (C=O) groups excluding carboxylic acids is 1. The van der Waals surface area contributed by atoms with Crippen molar-refractivity contribution >= 4 is 5.91 Å². The zero-order valence-corrected chi connectivity index (χ0v) is 19.1. The molecular formula is C27H35N3O2. The lowest BCUT2D eigenvalue weighted by Gasteiger charge is -2.57. The fourth-order valence-electron chi connectivity index (χ4n) is 7.11. The van der Waals surface area contributed by atoms with E-state index in [2.05, 4.69) is 15.3 Å². The Morgan fingerprint density at radius 1 is 0.938 bits per heavy atom. The molecule has 4 fully saturated rings. The summed E-state index contributed by atoms with van der Waals surface area (Å²) in [5.41, 5.74) is 1.56. The summed E-state index contributed by atoms with van der Waals surface area (Å²) in [6.45, 7) is 3.01. The summed E-state index contributed by atoms with van der Waals surface area (Å²) in [6, 6.07) is 8.08. The number of carbonyl (C=O) groups is 1. The molecule has 4 aliphatic carbocycles. The molecule has 5 heteroatoms. The predicted octanol–water partition coefficient (Wildman–Crippen LogP) is 4.37. The van der Waals surface area contributed by atoms with Crippen molar-refractivity contribution in [3.05, 3.63) is 60.2 Å². The highest BCUT2D eigenvalue weighted by Crippen LogP contribution is 2.55. The van der Waals surface area contributed by atoms with Crippen LogP contribution in [0.25, 0.3) is 0 Å². The van der Waals surface area contributed by atoms with Crippen LogP contribution in [0.4, 0.5) is 0 Å². The number of rotatable bonds is 9. The maximum Gasteiger partial charge on any atom is 0.229 e. The second-order valence-electron chi connectivity index (χ2n) is 10.6. The van der Waals surface area contributed by atoms with Crippen LogP contribution in [0, 0.1) is 23.2 Å². The van der Waals surface area contributed by atoms with E-state index >= 15 is 0 Å². The van der Waals surface area contributed by atoms with Crippen LogP contribution >= 0.6 is 0 Å². The normalized spacial score (nSPS) is 28.6. The molecule has 32 heavy (non-hydrogen) atoms. The lowest BCUT2D eigenvalue weighted by Crippen LogP contribution is -2.63. The molecule has 0 radical (unpaired) electrons. The second-order valence-corrected chi connectivity index (χ2v) is 10.6. The van der Waals surface area contributed by atoms with E-state index in [1.807, 2.05) is 56.0 Å². The van der Waals surface area contributed by atoms with E-state index in [1.165, 1.54) is 19.3 Å². The van der Waals surface area contributed by atoms with Gasteiger partial charge in [-0.05, 0) is 111 Å². The van der Waals surface area contributed by atoms with Crippen molar-refractivity contribution in [3.8, 4) is 0 Å². The van der Waals surface area contributed by atoms with Gasteiger partial charge < -0.3 is 10.1 Å². The highest BCUT2D eigenvalue weighted by Gasteiger charge is 2.53. The third-order valence-corrected chi connectivity index (χ3v) is 8.06. The minimum absolute atomic E-state index is 0.0141. The zero-order chi connectivity index (χ0) is 22.0. The van der Waals surface area contributed by atoms with Crippen molar-refractivity contribution in [3.63, 3.8) is 0 Å². The lowest BCUT2D eigenvalue weighted by atomic mass is 9.53. The summed E-state index contributed by atoms with van der Waals surface area (Å²) < 4.78 is 5.99. The Morgan fingerprint density at radius 3 is 1.84 bits per heavy atom. The first-order valence-electron chi connectivity index (χ1n) is 12.3. The minimum Gasteiger partial charge on any atom is -0.381 e. The minimum atomic E-state index is -0.665. The number of hydrogen-bond acceptors (Lipinski definition) is 4. The van der Waals surface area contributed by atoms with E-state index in [0.29, 0.717) is 26.1 Å². The van der Waals surface area contributed by atoms with Crippen LogP contribution in [-0.4, -0.2) is 34.6 Å². The number of hydrogen-bond donors (Lipinski definition) is 1. The molecule has 4 bridgehead atoms. The Labute approximate surface area is 191 Å². The molecule has 4 aliphatic rings. The van der Waals surface area contributed by atoms with E-state index in [9.17, 15) is 4.79 Å². The molecule has 0 aromatic carbocycles. The van der Waals surface area contributed by atoms with E-state index in [4.69, 9.17) is 4.74 Å². The Bertz CT molecular complexity index is 838. The summed E-state index contributed by atoms with van der Waals surface area (Å²) in [5, 5.41) is 3.66. The van der Waals surface area contributed by atoms with Gasteiger partial charge in [0, 0.05) is 36.9 Å². The van der Waals surface area contributed by atoms with Gasteiger partial charge in [0.2, 0.25) is 5.91 Å².